The molecule has 0 unspecified atom stereocenters. The summed E-state index contributed by atoms with van der Waals surface area (Å²) in [6, 6.07) is 19.4. The van der Waals surface area contributed by atoms with Gasteiger partial charge < -0.3 is 5.73 Å². The molecule has 0 aliphatic rings. The molecule has 1 heterocycles. The van der Waals surface area contributed by atoms with E-state index in [-0.39, 0.29) is 0 Å². The van der Waals surface area contributed by atoms with Gasteiger partial charge in [-0.15, -0.1) is 0 Å². The van der Waals surface area contributed by atoms with Crippen molar-refractivity contribution in [2.75, 3.05) is 0 Å². The van der Waals surface area contributed by atoms with Crippen molar-refractivity contribution in [2.45, 2.75) is 13.3 Å². The van der Waals surface area contributed by atoms with Crippen LogP contribution in [0.2, 0.25) is 0 Å². The lowest BCUT2D eigenvalue weighted by atomic mass is 10.0. The monoisotopic (exact) mass is 291 g/mol. The second-order valence-electron chi connectivity index (χ2n) is 5.00. The van der Waals surface area contributed by atoms with Crippen molar-refractivity contribution in [3.63, 3.8) is 0 Å². The van der Waals surface area contributed by atoms with E-state index in [2.05, 4.69) is 5.10 Å². The summed E-state index contributed by atoms with van der Waals surface area (Å²) in [5, 5.41) is 4.66. The van der Waals surface area contributed by atoms with Crippen molar-refractivity contribution in [3.8, 4) is 16.9 Å². The van der Waals surface area contributed by atoms with E-state index in [0.29, 0.717) is 17.7 Å². The first kappa shape index (κ1) is 14.1. The third-order valence-electron chi connectivity index (χ3n) is 3.61. The van der Waals surface area contributed by atoms with Crippen LogP contribution in [0.4, 0.5) is 0 Å². The Bertz CT molecular complexity index is 792. The summed E-state index contributed by atoms with van der Waals surface area (Å²) in [5.74, 6) is -0.446. The molecule has 3 rings (SSSR count). The third-order valence-corrected chi connectivity index (χ3v) is 3.61. The standard InChI is InChI=1S/C18H17N3O/c1-2-15-16(18(19)22)17(13-9-5-3-6-10-13)20-21(15)14-11-7-4-8-12-14/h3-12H,2H2,1H3,(H2,19,22). The molecular formula is C18H17N3O. The Labute approximate surface area is 129 Å². The van der Waals surface area contributed by atoms with Crippen LogP contribution < -0.4 is 5.73 Å². The van der Waals surface area contributed by atoms with Crippen LogP contribution >= 0.6 is 0 Å². The highest BCUT2D eigenvalue weighted by Crippen LogP contribution is 2.27. The predicted octanol–water partition coefficient (Wildman–Crippen LogP) is 3.20. The van der Waals surface area contributed by atoms with Gasteiger partial charge in [-0.1, -0.05) is 55.5 Å². The Morgan fingerprint density at radius 1 is 1.05 bits per heavy atom. The molecule has 3 aromatic rings. The van der Waals surface area contributed by atoms with Crippen LogP contribution in [0.5, 0.6) is 0 Å². The number of nitrogens with two attached hydrogens (primary N) is 1. The van der Waals surface area contributed by atoms with Gasteiger partial charge in [-0.3, -0.25) is 4.79 Å². The first-order valence-electron chi connectivity index (χ1n) is 7.25. The summed E-state index contributed by atoms with van der Waals surface area (Å²) in [7, 11) is 0. The fraction of sp³-hybridized carbons (Fsp3) is 0.111. The Morgan fingerprint density at radius 3 is 2.18 bits per heavy atom. The molecule has 4 nitrogen and oxygen atoms in total. The lowest BCUT2D eigenvalue weighted by Crippen LogP contribution is -2.14. The van der Waals surface area contributed by atoms with Crippen LogP contribution in [-0.2, 0) is 6.42 Å². The number of para-hydroxylation sites is 1. The van der Waals surface area contributed by atoms with Crippen molar-refractivity contribution in [1.29, 1.82) is 0 Å². The summed E-state index contributed by atoms with van der Waals surface area (Å²) < 4.78 is 1.81. The van der Waals surface area contributed by atoms with Gasteiger partial charge in [-0.05, 0) is 18.6 Å². The molecule has 2 N–H and O–H groups in total. The quantitative estimate of drug-likeness (QED) is 0.802. The van der Waals surface area contributed by atoms with Gasteiger partial charge in [0.1, 0.15) is 5.69 Å². The van der Waals surface area contributed by atoms with Crippen molar-refractivity contribution < 1.29 is 4.79 Å². The average Bonchev–Trinajstić information content (AvgIpc) is 2.96. The van der Waals surface area contributed by atoms with Crippen molar-refractivity contribution in [2.24, 2.45) is 5.73 Å². The Hall–Kier alpha value is -2.88. The summed E-state index contributed by atoms with van der Waals surface area (Å²) >= 11 is 0. The lowest BCUT2D eigenvalue weighted by molar-refractivity contribution is 0.1000. The van der Waals surface area contributed by atoms with Gasteiger partial charge in [0.15, 0.2) is 0 Å². The molecule has 1 aromatic heterocycles. The van der Waals surface area contributed by atoms with Crippen molar-refractivity contribution in [1.82, 2.24) is 9.78 Å². The zero-order valence-electron chi connectivity index (χ0n) is 12.4. The second kappa shape index (κ2) is 5.85. The fourth-order valence-corrected chi connectivity index (χ4v) is 2.62. The minimum atomic E-state index is -0.446. The van der Waals surface area contributed by atoms with E-state index in [1.54, 1.807) is 0 Å². The lowest BCUT2D eigenvalue weighted by Gasteiger charge is -2.06. The number of hydrogen-bond donors (Lipinski definition) is 1. The minimum absolute atomic E-state index is 0.446. The molecule has 4 heteroatoms. The Morgan fingerprint density at radius 2 is 1.64 bits per heavy atom. The van der Waals surface area contributed by atoms with E-state index in [9.17, 15) is 4.79 Å². The first-order chi connectivity index (χ1) is 10.7. The minimum Gasteiger partial charge on any atom is -0.365 e. The molecule has 0 spiro atoms. The molecule has 110 valence electrons. The van der Waals surface area contributed by atoms with Gasteiger partial charge in [0.25, 0.3) is 5.91 Å². The van der Waals surface area contributed by atoms with E-state index in [1.165, 1.54) is 0 Å². The number of primary amides is 1. The number of benzene rings is 2. The van der Waals surface area contributed by atoms with Crippen LogP contribution in [-0.4, -0.2) is 15.7 Å². The zero-order valence-corrected chi connectivity index (χ0v) is 12.4. The maximum absolute atomic E-state index is 12.0. The summed E-state index contributed by atoms with van der Waals surface area (Å²) in [5.41, 5.74) is 9.40. The average molecular weight is 291 g/mol. The zero-order chi connectivity index (χ0) is 15.5. The highest BCUT2D eigenvalue weighted by Gasteiger charge is 2.22. The van der Waals surface area contributed by atoms with Crippen LogP contribution in [0.1, 0.15) is 23.0 Å². The van der Waals surface area contributed by atoms with Gasteiger partial charge >= 0.3 is 0 Å². The maximum atomic E-state index is 12.0. The van der Waals surface area contributed by atoms with Gasteiger partial charge in [0, 0.05) is 5.56 Å². The van der Waals surface area contributed by atoms with E-state index >= 15 is 0 Å². The topological polar surface area (TPSA) is 60.9 Å². The molecule has 2 aromatic carbocycles. The van der Waals surface area contributed by atoms with Crippen molar-refractivity contribution in [3.05, 3.63) is 71.9 Å². The number of hydrogen-bond acceptors (Lipinski definition) is 2. The van der Waals surface area contributed by atoms with Gasteiger partial charge in [0.2, 0.25) is 0 Å². The van der Waals surface area contributed by atoms with E-state index in [0.717, 1.165) is 16.9 Å². The van der Waals surface area contributed by atoms with Crippen LogP contribution in [0.3, 0.4) is 0 Å². The van der Waals surface area contributed by atoms with Gasteiger partial charge in [0.05, 0.1) is 16.9 Å². The highest BCUT2D eigenvalue weighted by molar-refractivity contribution is 6.00. The summed E-state index contributed by atoms with van der Waals surface area (Å²) in [6.45, 7) is 2.00. The molecule has 1 amide bonds. The number of carbonyl (C=O) groups excluding carboxylic acids is 1. The predicted molar refractivity (Wildman–Crippen MR) is 86.9 cm³/mol. The van der Waals surface area contributed by atoms with Gasteiger partial charge in [-0.2, -0.15) is 5.10 Å². The van der Waals surface area contributed by atoms with Crippen LogP contribution in [0, 0.1) is 0 Å². The molecule has 22 heavy (non-hydrogen) atoms. The maximum Gasteiger partial charge on any atom is 0.252 e. The summed E-state index contributed by atoms with van der Waals surface area (Å²) in [4.78, 5) is 12.0. The fourth-order valence-electron chi connectivity index (χ4n) is 2.62. The molecule has 0 bridgehead atoms. The van der Waals surface area contributed by atoms with E-state index < -0.39 is 5.91 Å². The third kappa shape index (κ3) is 2.39. The van der Waals surface area contributed by atoms with E-state index in [1.807, 2.05) is 72.3 Å². The second-order valence-corrected chi connectivity index (χ2v) is 5.00. The molecular weight excluding hydrogens is 274 g/mol. The SMILES string of the molecule is CCc1c(C(N)=O)c(-c2ccccc2)nn1-c1ccccc1. The summed E-state index contributed by atoms with van der Waals surface area (Å²) in [6.07, 6.45) is 0.674. The van der Waals surface area contributed by atoms with Crippen LogP contribution in [0.15, 0.2) is 60.7 Å². The molecule has 0 fully saturated rings. The number of rotatable bonds is 4. The van der Waals surface area contributed by atoms with Gasteiger partial charge in [-0.25, -0.2) is 4.68 Å². The molecule has 0 saturated carbocycles. The molecule has 0 radical (unpaired) electrons. The van der Waals surface area contributed by atoms with Crippen LogP contribution in [0.25, 0.3) is 16.9 Å². The van der Waals surface area contributed by atoms with Crippen molar-refractivity contribution >= 4 is 5.91 Å². The molecule has 0 aliphatic heterocycles. The largest absolute Gasteiger partial charge is 0.365 e. The molecule has 0 atom stereocenters. The molecule has 0 aliphatic carbocycles. The normalized spacial score (nSPS) is 10.6. The smallest absolute Gasteiger partial charge is 0.252 e. The highest BCUT2D eigenvalue weighted by atomic mass is 16.1. The number of nitrogens with zero attached hydrogens (tertiary/aromatic N) is 2. The Kier molecular flexibility index (Phi) is 3.74. The number of carbonyl (C=O) groups is 1. The van der Waals surface area contributed by atoms with E-state index in [4.69, 9.17) is 5.73 Å². The molecule has 0 saturated heterocycles. The first-order valence-corrected chi connectivity index (χ1v) is 7.25. The number of amides is 1. The Balaban J connectivity index is 2.27. The number of aromatic nitrogens is 2.